The highest BCUT2D eigenvalue weighted by Crippen LogP contribution is 2.37. The van der Waals surface area contributed by atoms with Crippen molar-refractivity contribution in [1.29, 1.82) is 0 Å². The van der Waals surface area contributed by atoms with Gasteiger partial charge in [-0.25, -0.2) is 4.98 Å². The number of benzene rings is 2. The Balaban J connectivity index is 2.01. The standard InChI is InChI=1S/C18H19N3O/c1-18(22,16-10-6-3-7-11-16)17(12-21-14-19-13-20-21)15-8-4-2-5-9-15/h2-11,13-14,17,22H,12H2,1H3. The fourth-order valence-electron chi connectivity index (χ4n) is 2.78. The van der Waals surface area contributed by atoms with Crippen molar-refractivity contribution in [3.05, 3.63) is 84.4 Å². The molecule has 0 saturated heterocycles. The first-order chi connectivity index (χ1) is 10.7. The van der Waals surface area contributed by atoms with Gasteiger partial charge in [0, 0.05) is 5.92 Å². The van der Waals surface area contributed by atoms with Gasteiger partial charge in [0.15, 0.2) is 0 Å². The van der Waals surface area contributed by atoms with E-state index in [-0.39, 0.29) is 5.92 Å². The third-order valence-corrected chi connectivity index (χ3v) is 4.07. The van der Waals surface area contributed by atoms with Crippen molar-refractivity contribution in [3.63, 3.8) is 0 Å². The van der Waals surface area contributed by atoms with E-state index in [4.69, 9.17) is 0 Å². The van der Waals surface area contributed by atoms with Crippen molar-refractivity contribution in [3.8, 4) is 0 Å². The van der Waals surface area contributed by atoms with Gasteiger partial charge in [0.2, 0.25) is 0 Å². The normalized spacial score (nSPS) is 15.2. The molecule has 0 bridgehead atoms. The van der Waals surface area contributed by atoms with Crippen molar-refractivity contribution >= 4 is 0 Å². The molecule has 1 N–H and O–H groups in total. The first-order valence-electron chi connectivity index (χ1n) is 7.33. The van der Waals surface area contributed by atoms with Gasteiger partial charge in [-0.05, 0) is 18.1 Å². The minimum atomic E-state index is -1.01. The molecule has 3 aromatic rings. The molecule has 0 aliphatic carbocycles. The van der Waals surface area contributed by atoms with E-state index in [0.717, 1.165) is 11.1 Å². The Morgan fingerprint density at radius 3 is 2.27 bits per heavy atom. The predicted molar refractivity (Wildman–Crippen MR) is 85.2 cm³/mol. The summed E-state index contributed by atoms with van der Waals surface area (Å²) in [6.07, 6.45) is 3.19. The molecule has 0 spiro atoms. The Morgan fingerprint density at radius 1 is 1.05 bits per heavy atom. The molecule has 22 heavy (non-hydrogen) atoms. The molecule has 0 amide bonds. The lowest BCUT2D eigenvalue weighted by Crippen LogP contribution is -2.33. The van der Waals surface area contributed by atoms with Crippen LogP contribution in [0.2, 0.25) is 0 Å². The van der Waals surface area contributed by atoms with Crippen molar-refractivity contribution in [2.45, 2.75) is 25.0 Å². The zero-order valence-electron chi connectivity index (χ0n) is 12.5. The lowest BCUT2D eigenvalue weighted by atomic mass is 9.78. The largest absolute Gasteiger partial charge is 0.385 e. The SMILES string of the molecule is CC(O)(c1ccccc1)C(Cn1cncn1)c1ccccc1. The summed E-state index contributed by atoms with van der Waals surface area (Å²) in [5, 5.41) is 15.4. The second kappa shape index (κ2) is 6.12. The lowest BCUT2D eigenvalue weighted by molar-refractivity contribution is 0.0190. The molecule has 2 unspecified atom stereocenters. The lowest BCUT2D eigenvalue weighted by Gasteiger charge is -2.34. The van der Waals surface area contributed by atoms with Gasteiger partial charge in [0.05, 0.1) is 12.1 Å². The number of aromatic nitrogens is 3. The van der Waals surface area contributed by atoms with Crippen LogP contribution < -0.4 is 0 Å². The Labute approximate surface area is 130 Å². The maximum Gasteiger partial charge on any atom is 0.137 e. The van der Waals surface area contributed by atoms with Crippen LogP contribution in [0.3, 0.4) is 0 Å². The molecule has 4 nitrogen and oxygen atoms in total. The van der Waals surface area contributed by atoms with Crippen LogP contribution in [0.15, 0.2) is 73.3 Å². The minimum Gasteiger partial charge on any atom is -0.385 e. The van der Waals surface area contributed by atoms with E-state index in [9.17, 15) is 5.11 Å². The average Bonchev–Trinajstić information content (AvgIpc) is 3.07. The summed E-state index contributed by atoms with van der Waals surface area (Å²) in [6, 6.07) is 19.8. The van der Waals surface area contributed by atoms with Crippen LogP contribution >= 0.6 is 0 Å². The second-order valence-electron chi connectivity index (χ2n) is 5.59. The van der Waals surface area contributed by atoms with E-state index in [0.29, 0.717) is 6.54 Å². The highest BCUT2D eigenvalue weighted by molar-refractivity contribution is 5.30. The summed E-state index contributed by atoms with van der Waals surface area (Å²) in [4.78, 5) is 3.99. The first-order valence-corrected chi connectivity index (χ1v) is 7.33. The molecule has 0 saturated carbocycles. The maximum atomic E-state index is 11.2. The summed E-state index contributed by atoms with van der Waals surface area (Å²) in [5.41, 5.74) is 0.963. The van der Waals surface area contributed by atoms with Gasteiger partial charge in [-0.2, -0.15) is 5.10 Å². The summed E-state index contributed by atoms with van der Waals surface area (Å²) < 4.78 is 1.76. The summed E-state index contributed by atoms with van der Waals surface area (Å²) in [5.74, 6) is -0.127. The van der Waals surface area contributed by atoms with Crippen molar-refractivity contribution < 1.29 is 5.11 Å². The van der Waals surface area contributed by atoms with E-state index in [2.05, 4.69) is 10.1 Å². The fourth-order valence-corrected chi connectivity index (χ4v) is 2.78. The number of aliphatic hydroxyl groups is 1. The van der Waals surface area contributed by atoms with E-state index < -0.39 is 5.60 Å². The van der Waals surface area contributed by atoms with Crippen LogP contribution in [0.5, 0.6) is 0 Å². The smallest absolute Gasteiger partial charge is 0.137 e. The molecule has 3 rings (SSSR count). The molecule has 112 valence electrons. The quantitative estimate of drug-likeness (QED) is 0.787. The molecule has 2 atom stereocenters. The molecule has 0 aliphatic heterocycles. The van der Waals surface area contributed by atoms with Crippen LogP contribution in [-0.2, 0) is 12.1 Å². The molecular formula is C18H19N3O. The topological polar surface area (TPSA) is 50.9 Å². The number of rotatable bonds is 5. The van der Waals surface area contributed by atoms with E-state index in [1.54, 1.807) is 11.0 Å². The van der Waals surface area contributed by atoms with E-state index in [1.165, 1.54) is 6.33 Å². The van der Waals surface area contributed by atoms with Gasteiger partial charge in [0.25, 0.3) is 0 Å². The Morgan fingerprint density at radius 2 is 1.68 bits per heavy atom. The zero-order valence-corrected chi connectivity index (χ0v) is 12.5. The van der Waals surface area contributed by atoms with Gasteiger partial charge >= 0.3 is 0 Å². The van der Waals surface area contributed by atoms with Gasteiger partial charge in [-0.1, -0.05) is 60.7 Å². The number of nitrogens with zero attached hydrogens (tertiary/aromatic N) is 3. The number of hydrogen-bond donors (Lipinski definition) is 1. The van der Waals surface area contributed by atoms with Crippen LogP contribution in [0.1, 0.15) is 24.0 Å². The molecule has 1 aromatic heterocycles. The first kappa shape index (κ1) is 14.5. The van der Waals surface area contributed by atoms with Crippen LogP contribution in [0, 0.1) is 0 Å². The van der Waals surface area contributed by atoms with E-state index >= 15 is 0 Å². The van der Waals surface area contributed by atoms with Gasteiger partial charge < -0.3 is 5.11 Å². The molecular weight excluding hydrogens is 274 g/mol. The van der Waals surface area contributed by atoms with Crippen LogP contribution in [0.25, 0.3) is 0 Å². The molecule has 2 aromatic carbocycles. The maximum absolute atomic E-state index is 11.2. The summed E-state index contributed by atoms with van der Waals surface area (Å²) in [7, 11) is 0. The third kappa shape index (κ3) is 2.92. The second-order valence-corrected chi connectivity index (χ2v) is 5.59. The third-order valence-electron chi connectivity index (χ3n) is 4.07. The Hall–Kier alpha value is -2.46. The van der Waals surface area contributed by atoms with E-state index in [1.807, 2.05) is 67.6 Å². The molecule has 4 heteroatoms. The average molecular weight is 293 g/mol. The van der Waals surface area contributed by atoms with Crippen LogP contribution in [-0.4, -0.2) is 19.9 Å². The van der Waals surface area contributed by atoms with Crippen molar-refractivity contribution in [1.82, 2.24) is 14.8 Å². The summed E-state index contributed by atoms with van der Waals surface area (Å²) >= 11 is 0. The van der Waals surface area contributed by atoms with Gasteiger partial charge in [0.1, 0.15) is 12.7 Å². The highest BCUT2D eigenvalue weighted by Gasteiger charge is 2.35. The fraction of sp³-hybridized carbons (Fsp3) is 0.222. The predicted octanol–water partition coefficient (Wildman–Crippen LogP) is 2.97. The molecule has 0 radical (unpaired) electrons. The molecule has 0 aliphatic rings. The van der Waals surface area contributed by atoms with Gasteiger partial charge in [-0.15, -0.1) is 0 Å². The van der Waals surface area contributed by atoms with Crippen LogP contribution in [0.4, 0.5) is 0 Å². The van der Waals surface area contributed by atoms with Gasteiger partial charge in [-0.3, -0.25) is 4.68 Å². The zero-order chi connectivity index (χ0) is 15.4. The molecule has 1 heterocycles. The monoisotopic (exact) mass is 293 g/mol. The van der Waals surface area contributed by atoms with Crippen molar-refractivity contribution in [2.75, 3.05) is 0 Å². The van der Waals surface area contributed by atoms with Crippen molar-refractivity contribution in [2.24, 2.45) is 0 Å². The summed E-state index contributed by atoms with van der Waals surface area (Å²) in [6.45, 7) is 2.42. The molecule has 0 fully saturated rings. The highest BCUT2D eigenvalue weighted by atomic mass is 16.3. The minimum absolute atomic E-state index is 0.127. The Bertz CT molecular complexity index is 694. The Kier molecular flexibility index (Phi) is 4.02. The number of hydrogen-bond acceptors (Lipinski definition) is 3.